The van der Waals surface area contributed by atoms with Gasteiger partial charge >= 0.3 is 6.18 Å². The predicted molar refractivity (Wildman–Crippen MR) is 72.5 cm³/mol. The van der Waals surface area contributed by atoms with Crippen LogP contribution in [0.4, 0.5) is 13.2 Å². The van der Waals surface area contributed by atoms with Crippen molar-refractivity contribution < 1.29 is 23.0 Å². The first kappa shape index (κ1) is 15.9. The Morgan fingerprint density at radius 3 is 2.57 bits per heavy atom. The van der Waals surface area contributed by atoms with Crippen molar-refractivity contribution in [2.75, 3.05) is 33.3 Å². The van der Waals surface area contributed by atoms with Gasteiger partial charge < -0.3 is 15.2 Å². The highest BCUT2D eigenvalue weighted by molar-refractivity contribution is 5.47. The number of phenols is 1. The van der Waals surface area contributed by atoms with Crippen molar-refractivity contribution in [3.05, 3.63) is 23.8 Å². The Balaban J connectivity index is 2.34. The van der Waals surface area contributed by atoms with E-state index in [-0.39, 0.29) is 17.1 Å². The molecule has 0 saturated carbocycles. The summed E-state index contributed by atoms with van der Waals surface area (Å²) < 4.78 is 43.7. The minimum Gasteiger partial charge on any atom is -0.504 e. The maximum absolute atomic E-state index is 12.9. The molecule has 0 unspecified atom stereocenters. The average molecular weight is 304 g/mol. The molecule has 2 rings (SSSR count). The van der Waals surface area contributed by atoms with E-state index in [4.69, 9.17) is 4.74 Å². The van der Waals surface area contributed by atoms with Crippen LogP contribution < -0.4 is 10.1 Å². The molecule has 21 heavy (non-hydrogen) atoms. The van der Waals surface area contributed by atoms with Gasteiger partial charge in [-0.3, -0.25) is 4.90 Å². The van der Waals surface area contributed by atoms with Crippen molar-refractivity contribution in [3.8, 4) is 11.5 Å². The van der Waals surface area contributed by atoms with Crippen LogP contribution in [-0.2, 0) is 0 Å². The van der Waals surface area contributed by atoms with Crippen molar-refractivity contribution in [2.45, 2.75) is 18.6 Å². The summed E-state index contributed by atoms with van der Waals surface area (Å²) in [5, 5.41) is 13.3. The lowest BCUT2D eigenvalue weighted by Crippen LogP contribution is -2.46. The second-order valence-electron chi connectivity index (χ2n) is 5.02. The molecular weight excluding hydrogens is 285 g/mol. The van der Waals surface area contributed by atoms with Crippen LogP contribution in [0, 0.1) is 0 Å². The molecule has 1 aliphatic heterocycles. The quantitative estimate of drug-likeness (QED) is 0.896. The summed E-state index contributed by atoms with van der Waals surface area (Å²) in [5.74, 6) is -0.0254. The zero-order valence-electron chi connectivity index (χ0n) is 11.8. The average Bonchev–Trinajstić information content (AvgIpc) is 2.45. The van der Waals surface area contributed by atoms with Gasteiger partial charge in [0.05, 0.1) is 13.5 Å². The summed E-state index contributed by atoms with van der Waals surface area (Å²) in [6.45, 7) is 2.30. The molecule has 1 aromatic carbocycles. The first-order valence-corrected chi connectivity index (χ1v) is 6.80. The van der Waals surface area contributed by atoms with Crippen LogP contribution in [0.5, 0.6) is 11.5 Å². The molecule has 1 aromatic rings. The summed E-state index contributed by atoms with van der Waals surface area (Å²) in [7, 11) is 1.38. The molecule has 2 N–H and O–H groups in total. The number of hydrogen-bond acceptors (Lipinski definition) is 4. The fourth-order valence-corrected chi connectivity index (χ4v) is 2.62. The molecule has 4 nitrogen and oxygen atoms in total. The maximum atomic E-state index is 12.9. The van der Waals surface area contributed by atoms with Crippen LogP contribution >= 0.6 is 0 Å². The third-order valence-corrected chi connectivity index (χ3v) is 3.63. The lowest BCUT2D eigenvalue weighted by Gasteiger charge is -2.36. The van der Waals surface area contributed by atoms with E-state index < -0.39 is 18.6 Å². The SMILES string of the molecule is COc1cccc([C@H](CC(F)(F)F)N2CCNCC2)c1O. The molecule has 118 valence electrons. The number of hydrogen-bond donors (Lipinski definition) is 2. The van der Waals surface area contributed by atoms with Crippen molar-refractivity contribution in [1.82, 2.24) is 10.2 Å². The third-order valence-electron chi connectivity index (χ3n) is 3.63. The monoisotopic (exact) mass is 304 g/mol. The number of halogens is 3. The van der Waals surface area contributed by atoms with E-state index in [0.29, 0.717) is 26.2 Å². The molecule has 0 amide bonds. The van der Waals surface area contributed by atoms with Gasteiger partial charge in [0.15, 0.2) is 11.5 Å². The molecule has 0 aliphatic carbocycles. The lowest BCUT2D eigenvalue weighted by atomic mass is 9.99. The Kier molecular flexibility index (Phi) is 4.95. The molecule has 1 saturated heterocycles. The number of methoxy groups -OCH3 is 1. The van der Waals surface area contributed by atoms with Crippen molar-refractivity contribution in [3.63, 3.8) is 0 Å². The van der Waals surface area contributed by atoms with E-state index in [1.54, 1.807) is 11.0 Å². The summed E-state index contributed by atoms with van der Waals surface area (Å²) in [5.41, 5.74) is 0.258. The molecular formula is C14H19F3N2O2. The third kappa shape index (κ3) is 4.01. The number of nitrogens with zero attached hydrogens (tertiary/aromatic N) is 1. The van der Waals surface area contributed by atoms with Gasteiger partial charge in [-0.05, 0) is 6.07 Å². The van der Waals surface area contributed by atoms with Gasteiger partial charge in [-0.25, -0.2) is 0 Å². The number of ether oxygens (including phenoxy) is 1. The highest BCUT2D eigenvalue weighted by atomic mass is 19.4. The molecule has 1 heterocycles. The van der Waals surface area contributed by atoms with Crippen molar-refractivity contribution in [2.24, 2.45) is 0 Å². The van der Waals surface area contributed by atoms with Crippen LogP contribution in [-0.4, -0.2) is 49.5 Å². The van der Waals surface area contributed by atoms with Crippen LogP contribution in [0.3, 0.4) is 0 Å². The van der Waals surface area contributed by atoms with Gasteiger partial charge in [-0.1, -0.05) is 12.1 Å². The molecule has 1 atom stereocenters. The lowest BCUT2D eigenvalue weighted by molar-refractivity contribution is -0.148. The topological polar surface area (TPSA) is 44.7 Å². The first-order valence-electron chi connectivity index (χ1n) is 6.80. The summed E-state index contributed by atoms with van der Waals surface area (Å²) in [6.07, 6.45) is -5.29. The number of alkyl halides is 3. The fraction of sp³-hybridized carbons (Fsp3) is 0.571. The van der Waals surface area contributed by atoms with Gasteiger partial charge in [-0.15, -0.1) is 0 Å². The van der Waals surface area contributed by atoms with Gasteiger partial charge in [0.25, 0.3) is 0 Å². The fourth-order valence-electron chi connectivity index (χ4n) is 2.62. The molecule has 0 bridgehead atoms. The van der Waals surface area contributed by atoms with E-state index in [1.807, 2.05) is 0 Å². The van der Waals surface area contributed by atoms with Crippen molar-refractivity contribution >= 4 is 0 Å². The molecule has 1 fully saturated rings. The van der Waals surface area contributed by atoms with Gasteiger partial charge in [0, 0.05) is 37.8 Å². The highest BCUT2D eigenvalue weighted by Gasteiger charge is 2.37. The zero-order chi connectivity index (χ0) is 15.5. The van der Waals surface area contributed by atoms with Gasteiger partial charge in [0.1, 0.15) is 0 Å². The number of nitrogens with one attached hydrogen (secondary N) is 1. The number of aromatic hydroxyl groups is 1. The van der Waals surface area contributed by atoms with Gasteiger partial charge in [0.2, 0.25) is 0 Å². The standard InChI is InChI=1S/C14H19F3N2O2/c1-21-12-4-2-3-10(13(12)20)11(9-14(15,16)17)19-7-5-18-6-8-19/h2-4,11,18,20H,5-9H2,1H3/t11-/m0/s1. The smallest absolute Gasteiger partial charge is 0.390 e. The Hall–Kier alpha value is -1.47. The highest BCUT2D eigenvalue weighted by Crippen LogP contribution is 2.41. The van der Waals surface area contributed by atoms with Gasteiger partial charge in [-0.2, -0.15) is 13.2 Å². The van der Waals surface area contributed by atoms with E-state index in [0.717, 1.165) is 0 Å². The van der Waals surface area contributed by atoms with E-state index >= 15 is 0 Å². The van der Waals surface area contributed by atoms with E-state index in [2.05, 4.69) is 5.32 Å². The number of piperazine rings is 1. The minimum absolute atomic E-state index is 0.190. The zero-order valence-corrected chi connectivity index (χ0v) is 11.8. The van der Waals surface area contributed by atoms with Crippen LogP contribution in [0.15, 0.2) is 18.2 Å². The summed E-state index contributed by atoms with van der Waals surface area (Å²) in [6, 6.07) is 3.75. The number of para-hydroxylation sites is 1. The number of benzene rings is 1. The molecule has 0 aromatic heterocycles. The Bertz CT molecular complexity index is 474. The summed E-state index contributed by atoms with van der Waals surface area (Å²) >= 11 is 0. The second kappa shape index (κ2) is 6.53. The molecule has 0 spiro atoms. The summed E-state index contributed by atoms with van der Waals surface area (Å²) in [4.78, 5) is 1.75. The Morgan fingerprint density at radius 1 is 1.33 bits per heavy atom. The second-order valence-corrected chi connectivity index (χ2v) is 5.02. The predicted octanol–water partition coefficient (Wildman–Crippen LogP) is 2.30. The molecule has 7 heteroatoms. The van der Waals surface area contributed by atoms with Crippen LogP contribution in [0.1, 0.15) is 18.0 Å². The van der Waals surface area contributed by atoms with Crippen LogP contribution in [0.25, 0.3) is 0 Å². The maximum Gasteiger partial charge on any atom is 0.390 e. The normalized spacial score (nSPS) is 18.5. The number of phenolic OH excluding ortho intramolecular Hbond substituents is 1. The van der Waals surface area contributed by atoms with Crippen LogP contribution in [0.2, 0.25) is 0 Å². The van der Waals surface area contributed by atoms with E-state index in [9.17, 15) is 18.3 Å². The first-order chi connectivity index (χ1) is 9.92. The Labute approximate surface area is 121 Å². The molecule has 0 radical (unpaired) electrons. The Morgan fingerprint density at radius 2 is 2.00 bits per heavy atom. The van der Waals surface area contributed by atoms with Crippen molar-refractivity contribution in [1.29, 1.82) is 0 Å². The largest absolute Gasteiger partial charge is 0.504 e. The number of rotatable bonds is 4. The minimum atomic E-state index is -4.30. The van der Waals surface area contributed by atoms with E-state index in [1.165, 1.54) is 19.2 Å². The molecule has 1 aliphatic rings.